The standard InChI is InChI=1S/C25H28N2O4/c1-15(2)26-18-9-6-10-20(28)24(18)21(29)12-11-19-25-22(30)13-17(14-23(25)31-27-19)16-7-4-3-5-8-16/h3-5,7-8,15,17,29H,6,9-14H2,1-2H3/b24-21-,26-18?. The quantitative estimate of drug-likeness (QED) is 0.547. The fourth-order valence-electron chi connectivity index (χ4n) is 4.53. The van der Waals surface area contributed by atoms with Gasteiger partial charge in [-0.15, -0.1) is 0 Å². The Hall–Kier alpha value is -3.02. The smallest absolute Gasteiger partial charge is 0.168 e. The normalized spacial score (nSPS) is 22.2. The number of hydrogen-bond acceptors (Lipinski definition) is 6. The third-order valence-electron chi connectivity index (χ3n) is 5.93. The van der Waals surface area contributed by atoms with Crippen LogP contribution in [0, 0.1) is 0 Å². The number of Topliss-reactive ketones (excluding diaryl/α,β-unsaturated/α-hetero) is 2. The zero-order valence-electron chi connectivity index (χ0n) is 18.1. The number of aliphatic imine (C=N–C) groups is 1. The lowest BCUT2D eigenvalue weighted by Gasteiger charge is -2.20. The van der Waals surface area contributed by atoms with Crippen LogP contribution in [0.15, 0.2) is 51.2 Å². The summed E-state index contributed by atoms with van der Waals surface area (Å²) >= 11 is 0. The SMILES string of the molecule is CC(C)N=C1CCCC(=O)/C1=C(\O)CCc1noc2c1C(=O)CC(c1ccccc1)C2. The molecule has 4 rings (SSSR count). The number of nitrogens with zero attached hydrogens (tertiary/aromatic N) is 2. The van der Waals surface area contributed by atoms with Gasteiger partial charge in [0.05, 0.1) is 16.8 Å². The van der Waals surface area contributed by atoms with E-state index in [1.807, 2.05) is 44.2 Å². The lowest BCUT2D eigenvalue weighted by atomic mass is 9.81. The zero-order valence-corrected chi connectivity index (χ0v) is 18.1. The molecule has 6 nitrogen and oxygen atoms in total. The van der Waals surface area contributed by atoms with Crippen LogP contribution in [-0.4, -0.2) is 33.6 Å². The molecule has 1 N–H and O–H groups in total. The van der Waals surface area contributed by atoms with Gasteiger partial charge in [-0.2, -0.15) is 0 Å². The summed E-state index contributed by atoms with van der Waals surface area (Å²) in [5.41, 5.74) is 3.27. The number of rotatable bonds is 5. The molecule has 6 heteroatoms. The van der Waals surface area contributed by atoms with E-state index in [0.717, 1.165) is 12.0 Å². The highest BCUT2D eigenvalue weighted by Gasteiger charge is 2.33. The van der Waals surface area contributed by atoms with Crippen molar-refractivity contribution in [1.82, 2.24) is 5.16 Å². The molecule has 1 aromatic heterocycles. The second-order valence-corrected chi connectivity index (χ2v) is 8.63. The van der Waals surface area contributed by atoms with Crippen LogP contribution in [0.4, 0.5) is 0 Å². The second kappa shape index (κ2) is 9.00. The topological polar surface area (TPSA) is 92.8 Å². The number of benzene rings is 1. The van der Waals surface area contributed by atoms with Crippen molar-refractivity contribution in [2.24, 2.45) is 4.99 Å². The Bertz CT molecular complexity index is 1050. The highest BCUT2D eigenvalue weighted by molar-refractivity contribution is 6.24. The first-order valence-electron chi connectivity index (χ1n) is 11.0. The molecule has 1 unspecified atom stereocenters. The predicted molar refractivity (Wildman–Crippen MR) is 118 cm³/mol. The van der Waals surface area contributed by atoms with Gasteiger partial charge in [0.15, 0.2) is 11.6 Å². The lowest BCUT2D eigenvalue weighted by molar-refractivity contribution is -0.115. The van der Waals surface area contributed by atoms with Crippen molar-refractivity contribution in [3.05, 3.63) is 64.2 Å². The van der Waals surface area contributed by atoms with Crippen molar-refractivity contribution in [3.8, 4) is 0 Å². The summed E-state index contributed by atoms with van der Waals surface area (Å²) in [6.07, 6.45) is 3.51. The summed E-state index contributed by atoms with van der Waals surface area (Å²) < 4.78 is 5.52. The van der Waals surface area contributed by atoms with E-state index in [1.165, 1.54) is 0 Å². The van der Waals surface area contributed by atoms with E-state index in [-0.39, 0.29) is 35.7 Å². The molecule has 0 amide bonds. The fraction of sp³-hybridized carbons (Fsp3) is 0.440. The Labute approximate surface area is 182 Å². The Kier molecular flexibility index (Phi) is 6.16. The Morgan fingerprint density at radius 3 is 2.68 bits per heavy atom. The summed E-state index contributed by atoms with van der Waals surface area (Å²) in [6, 6.07) is 10.0. The van der Waals surface area contributed by atoms with Crippen LogP contribution >= 0.6 is 0 Å². The third-order valence-corrected chi connectivity index (χ3v) is 5.93. The minimum Gasteiger partial charge on any atom is -0.511 e. The maximum Gasteiger partial charge on any atom is 0.168 e. The number of allylic oxidation sites excluding steroid dienone is 2. The van der Waals surface area contributed by atoms with Gasteiger partial charge in [0.1, 0.15) is 11.5 Å². The molecular weight excluding hydrogens is 392 g/mol. The fourth-order valence-corrected chi connectivity index (χ4v) is 4.53. The molecule has 162 valence electrons. The number of aliphatic hydroxyl groups is 1. The summed E-state index contributed by atoms with van der Waals surface area (Å²) in [7, 11) is 0. The Morgan fingerprint density at radius 1 is 1.16 bits per heavy atom. The molecule has 1 fully saturated rings. The van der Waals surface area contributed by atoms with E-state index in [2.05, 4.69) is 10.1 Å². The number of aryl methyl sites for hydroxylation is 1. The molecule has 0 radical (unpaired) electrons. The van der Waals surface area contributed by atoms with E-state index in [9.17, 15) is 14.7 Å². The molecule has 1 atom stereocenters. The van der Waals surface area contributed by atoms with Crippen LogP contribution < -0.4 is 0 Å². The van der Waals surface area contributed by atoms with E-state index in [1.54, 1.807) is 0 Å². The number of aromatic nitrogens is 1. The van der Waals surface area contributed by atoms with E-state index in [4.69, 9.17) is 4.52 Å². The molecule has 0 spiro atoms. The van der Waals surface area contributed by atoms with E-state index >= 15 is 0 Å². The average molecular weight is 421 g/mol. The first-order valence-corrected chi connectivity index (χ1v) is 11.0. The van der Waals surface area contributed by atoms with Crippen molar-refractivity contribution in [1.29, 1.82) is 0 Å². The highest BCUT2D eigenvalue weighted by atomic mass is 16.5. The molecular formula is C25H28N2O4. The van der Waals surface area contributed by atoms with Crippen LogP contribution in [0.5, 0.6) is 0 Å². The summed E-state index contributed by atoms with van der Waals surface area (Å²) in [4.78, 5) is 29.9. The van der Waals surface area contributed by atoms with Gasteiger partial charge in [0, 0.05) is 43.9 Å². The van der Waals surface area contributed by atoms with Crippen molar-refractivity contribution in [2.45, 2.75) is 70.8 Å². The van der Waals surface area contributed by atoms with Crippen molar-refractivity contribution < 1.29 is 19.2 Å². The summed E-state index contributed by atoms with van der Waals surface area (Å²) in [5, 5.41) is 14.9. The minimum atomic E-state index is -0.0629. The molecule has 0 aliphatic heterocycles. The first-order chi connectivity index (χ1) is 14.9. The molecule has 1 saturated carbocycles. The van der Waals surface area contributed by atoms with Gasteiger partial charge < -0.3 is 9.63 Å². The molecule has 2 aliphatic rings. The largest absolute Gasteiger partial charge is 0.511 e. The molecule has 0 saturated heterocycles. The summed E-state index contributed by atoms with van der Waals surface area (Å²) in [6.45, 7) is 3.91. The maximum atomic E-state index is 12.9. The number of aliphatic hydroxyl groups excluding tert-OH is 1. The minimum absolute atomic E-state index is 0.0225. The third kappa shape index (κ3) is 4.53. The van der Waals surface area contributed by atoms with Crippen LogP contribution in [0.3, 0.4) is 0 Å². The molecule has 2 aromatic rings. The number of carbonyl (C=O) groups is 2. The Morgan fingerprint density at radius 2 is 1.94 bits per heavy atom. The number of fused-ring (bicyclic) bond motifs is 1. The first kappa shape index (κ1) is 21.2. The molecule has 2 aliphatic carbocycles. The predicted octanol–water partition coefficient (Wildman–Crippen LogP) is 4.93. The average Bonchev–Trinajstić information content (AvgIpc) is 3.16. The number of ketones is 2. The zero-order chi connectivity index (χ0) is 22.0. The van der Waals surface area contributed by atoms with Gasteiger partial charge in [0.2, 0.25) is 0 Å². The van der Waals surface area contributed by atoms with Gasteiger partial charge in [-0.3, -0.25) is 14.6 Å². The lowest BCUT2D eigenvalue weighted by Crippen LogP contribution is -2.22. The van der Waals surface area contributed by atoms with Crippen molar-refractivity contribution >= 4 is 17.3 Å². The molecule has 0 bridgehead atoms. The van der Waals surface area contributed by atoms with E-state index in [0.29, 0.717) is 60.4 Å². The van der Waals surface area contributed by atoms with E-state index < -0.39 is 0 Å². The van der Waals surface area contributed by atoms with Crippen molar-refractivity contribution in [3.63, 3.8) is 0 Å². The van der Waals surface area contributed by atoms with Crippen LogP contribution in [0.2, 0.25) is 0 Å². The second-order valence-electron chi connectivity index (χ2n) is 8.63. The highest BCUT2D eigenvalue weighted by Crippen LogP contribution is 2.35. The summed E-state index contributed by atoms with van der Waals surface area (Å²) in [5.74, 6) is 0.697. The van der Waals surface area contributed by atoms with Gasteiger partial charge in [0.25, 0.3) is 0 Å². The molecule has 1 aromatic carbocycles. The Balaban J connectivity index is 1.53. The molecule has 31 heavy (non-hydrogen) atoms. The number of carbonyl (C=O) groups excluding carboxylic acids is 2. The van der Waals surface area contributed by atoms with Crippen LogP contribution in [0.1, 0.15) is 79.2 Å². The van der Waals surface area contributed by atoms with Crippen molar-refractivity contribution in [2.75, 3.05) is 0 Å². The maximum absolute atomic E-state index is 12.9. The monoisotopic (exact) mass is 420 g/mol. The molecule has 1 heterocycles. The van der Waals surface area contributed by atoms with Gasteiger partial charge in [-0.25, -0.2) is 0 Å². The van der Waals surface area contributed by atoms with Crippen LogP contribution in [0.25, 0.3) is 0 Å². The van der Waals surface area contributed by atoms with Crippen LogP contribution in [-0.2, 0) is 17.6 Å². The van der Waals surface area contributed by atoms with Gasteiger partial charge >= 0.3 is 0 Å². The van der Waals surface area contributed by atoms with Gasteiger partial charge in [-0.1, -0.05) is 35.5 Å². The van der Waals surface area contributed by atoms with Gasteiger partial charge in [-0.05, 0) is 38.2 Å². The number of hydrogen-bond donors (Lipinski definition) is 1.